The van der Waals surface area contributed by atoms with E-state index < -0.39 is 51.8 Å². The number of phosphoric acid groups is 1. The third kappa shape index (κ3) is 41.6. The highest BCUT2D eigenvalue weighted by atomic mass is 31.2. The molecule has 0 spiro atoms. The Morgan fingerprint density at radius 2 is 0.982 bits per heavy atom. The van der Waals surface area contributed by atoms with Gasteiger partial charge in [0.15, 0.2) is 6.10 Å². The lowest BCUT2D eigenvalue weighted by molar-refractivity contribution is -0.161. The molecule has 0 rings (SSSR count). The van der Waals surface area contributed by atoms with E-state index in [0.29, 0.717) is 12.8 Å². The van der Waals surface area contributed by atoms with Gasteiger partial charge in [-0.1, -0.05) is 171 Å². The topological polar surface area (TPSA) is 149 Å². The number of hydrogen-bond acceptors (Lipinski definition) is 9. The molecule has 0 fully saturated rings. The predicted molar refractivity (Wildman–Crippen MR) is 233 cm³/mol. The van der Waals surface area contributed by atoms with Gasteiger partial charge in [0.1, 0.15) is 12.7 Å². The second kappa shape index (κ2) is 41.8. The van der Waals surface area contributed by atoms with Crippen LogP contribution in [0, 0.1) is 0 Å². The molecule has 11 heteroatoms. The molecule has 0 aliphatic carbocycles. The van der Waals surface area contributed by atoms with E-state index in [1.165, 1.54) is 83.5 Å². The highest BCUT2D eigenvalue weighted by molar-refractivity contribution is 7.47. The Kier molecular flexibility index (Phi) is 40.1. The van der Waals surface area contributed by atoms with Crippen molar-refractivity contribution in [3.8, 4) is 0 Å². The largest absolute Gasteiger partial charge is 0.472 e. The minimum absolute atomic E-state index is 0.174. The van der Waals surface area contributed by atoms with Gasteiger partial charge in [0.05, 0.1) is 19.8 Å². The van der Waals surface area contributed by atoms with Gasteiger partial charge in [-0.15, -0.1) is 0 Å². The normalized spacial score (nSPS) is 14.4. The first kappa shape index (κ1) is 54.7. The van der Waals surface area contributed by atoms with Gasteiger partial charge in [-0.3, -0.25) is 18.6 Å². The maximum atomic E-state index is 12.6. The molecule has 3 N–H and O–H groups in total. The van der Waals surface area contributed by atoms with Gasteiger partial charge in [0, 0.05) is 12.8 Å². The van der Waals surface area contributed by atoms with Crippen molar-refractivity contribution in [1.29, 1.82) is 0 Å². The second-order valence-electron chi connectivity index (χ2n) is 14.8. The molecule has 0 amide bonds. The van der Waals surface area contributed by atoms with Crippen LogP contribution in [0.1, 0.15) is 181 Å². The summed E-state index contributed by atoms with van der Waals surface area (Å²) in [6.45, 7) is 2.21. The summed E-state index contributed by atoms with van der Waals surface area (Å²) in [6.07, 6.45) is 46.1. The van der Waals surface area contributed by atoms with Crippen LogP contribution in [0.3, 0.4) is 0 Å². The number of carbonyl (C=O) groups is 2. The fourth-order valence-electron chi connectivity index (χ4n) is 5.82. The number of aliphatic hydroxyl groups is 2. The molecule has 1 unspecified atom stereocenters. The minimum atomic E-state index is -4.63. The summed E-state index contributed by atoms with van der Waals surface area (Å²) in [4.78, 5) is 35.0. The zero-order valence-corrected chi connectivity index (χ0v) is 36.7. The summed E-state index contributed by atoms with van der Waals surface area (Å²) in [5.41, 5.74) is 0. The molecule has 57 heavy (non-hydrogen) atoms. The zero-order valence-electron chi connectivity index (χ0n) is 35.8. The van der Waals surface area contributed by atoms with Crippen LogP contribution in [-0.4, -0.2) is 65.7 Å². The molecule has 0 aliphatic rings. The van der Waals surface area contributed by atoms with Crippen molar-refractivity contribution in [2.24, 2.45) is 0 Å². The van der Waals surface area contributed by atoms with E-state index in [4.69, 9.17) is 19.1 Å². The van der Waals surface area contributed by atoms with Crippen LogP contribution in [0.5, 0.6) is 0 Å². The maximum Gasteiger partial charge on any atom is 0.472 e. The van der Waals surface area contributed by atoms with Crippen LogP contribution < -0.4 is 0 Å². The van der Waals surface area contributed by atoms with Gasteiger partial charge in [0.25, 0.3) is 0 Å². The quantitative estimate of drug-likeness (QED) is 0.0179. The second-order valence-corrected chi connectivity index (χ2v) is 16.2. The van der Waals surface area contributed by atoms with E-state index in [2.05, 4.69) is 48.8 Å². The number of aliphatic hydroxyl groups excluding tert-OH is 2. The number of phosphoric ester groups is 1. The average Bonchev–Trinajstić information content (AvgIpc) is 3.20. The van der Waals surface area contributed by atoms with Crippen molar-refractivity contribution in [3.05, 3.63) is 60.8 Å². The van der Waals surface area contributed by atoms with Gasteiger partial charge in [-0.05, 0) is 57.8 Å². The van der Waals surface area contributed by atoms with Crippen LogP contribution in [0.15, 0.2) is 60.8 Å². The number of ether oxygens (including phenoxy) is 2. The van der Waals surface area contributed by atoms with Crippen LogP contribution in [-0.2, 0) is 32.7 Å². The van der Waals surface area contributed by atoms with E-state index in [-0.39, 0.29) is 19.4 Å². The van der Waals surface area contributed by atoms with E-state index in [9.17, 15) is 24.2 Å². The molecule has 0 aliphatic heterocycles. The summed E-state index contributed by atoms with van der Waals surface area (Å²) in [5, 5.41) is 18.3. The van der Waals surface area contributed by atoms with E-state index >= 15 is 0 Å². The Bertz CT molecular complexity index is 1130. The molecule has 0 saturated heterocycles. The first-order valence-corrected chi connectivity index (χ1v) is 23.8. The van der Waals surface area contributed by atoms with Crippen molar-refractivity contribution in [1.82, 2.24) is 0 Å². The van der Waals surface area contributed by atoms with Crippen molar-refractivity contribution in [3.63, 3.8) is 0 Å². The Balaban J connectivity index is 4.30. The molecule has 0 radical (unpaired) electrons. The molecule has 0 aromatic heterocycles. The third-order valence-electron chi connectivity index (χ3n) is 9.25. The molecule has 0 aromatic carbocycles. The van der Waals surface area contributed by atoms with Gasteiger partial charge in [0.2, 0.25) is 0 Å². The molecule has 10 nitrogen and oxygen atoms in total. The molecule has 3 atom stereocenters. The summed E-state index contributed by atoms with van der Waals surface area (Å²) in [7, 11) is -4.63. The third-order valence-corrected chi connectivity index (χ3v) is 10.2. The minimum Gasteiger partial charge on any atom is -0.462 e. The molecule has 330 valence electrons. The molecular formula is C46H81O10P. The lowest BCUT2D eigenvalue weighted by Crippen LogP contribution is -2.29. The van der Waals surface area contributed by atoms with E-state index in [1.54, 1.807) is 0 Å². The number of allylic oxidation sites excluding steroid dienone is 10. The first-order valence-electron chi connectivity index (χ1n) is 22.3. The number of unbranched alkanes of at least 4 members (excludes halogenated alkanes) is 20. The average molecular weight is 825 g/mol. The Morgan fingerprint density at radius 1 is 0.544 bits per heavy atom. The van der Waals surface area contributed by atoms with Crippen molar-refractivity contribution in [2.45, 2.75) is 193 Å². The van der Waals surface area contributed by atoms with Gasteiger partial charge in [-0.25, -0.2) is 4.57 Å². The Labute approximate surface area is 346 Å². The van der Waals surface area contributed by atoms with Crippen molar-refractivity contribution in [2.75, 3.05) is 26.4 Å². The molecule has 0 heterocycles. The summed E-state index contributed by atoms with van der Waals surface area (Å²) in [5.74, 6) is -0.956. The maximum absolute atomic E-state index is 12.6. The molecule has 0 aromatic rings. The SMILES string of the molecule is CC/C=C/C=C/C=C/C=C/CCCCCCCC(=O)OC[C@H](COP(=O)(O)OC[C@@H](O)CO)OC(=O)CCCCCCCCCCC/C=C/CCCCCCCC. The fraction of sp³-hybridized carbons (Fsp3) is 0.739. The summed E-state index contributed by atoms with van der Waals surface area (Å²) in [6, 6.07) is 0. The van der Waals surface area contributed by atoms with Gasteiger partial charge >= 0.3 is 19.8 Å². The van der Waals surface area contributed by atoms with E-state index in [0.717, 1.165) is 57.8 Å². The number of carbonyl (C=O) groups excluding carboxylic acids is 2. The molecule has 0 bridgehead atoms. The summed E-state index contributed by atoms with van der Waals surface area (Å²) < 4.78 is 32.7. The van der Waals surface area contributed by atoms with Crippen molar-refractivity contribution < 1.29 is 47.8 Å². The first-order chi connectivity index (χ1) is 27.7. The monoisotopic (exact) mass is 825 g/mol. The zero-order chi connectivity index (χ0) is 41.9. The van der Waals surface area contributed by atoms with Crippen molar-refractivity contribution >= 4 is 19.8 Å². The van der Waals surface area contributed by atoms with Crippen LogP contribution in [0.2, 0.25) is 0 Å². The molecular weight excluding hydrogens is 743 g/mol. The summed E-state index contributed by atoms with van der Waals surface area (Å²) >= 11 is 0. The van der Waals surface area contributed by atoms with Gasteiger partial charge < -0.3 is 24.6 Å². The predicted octanol–water partition coefficient (Wildman–Crippen LogP) is 11.9. The smallest absolute Gasteiger partial charge is 0.462 e. The van der Waals surface area contributed by atoms with Crippen LogP contribution in [0.25, 0.3) is 0 Å². The number of hydrogen-bond donors (Lipinski definition) is 3. The highest BCUT2D eigenvalue weighted by Crippen LogP contribution is 2.43. The lowest BCUT2D eigenvalue weighted by Gasteiger charge is -2.20. The van der Waals surface area contributed by atoms with Crippen LogP contribution in [0.4, 0.5) is 0 Å². The fourth-order valence-corrected chi connectivity index (χ4v) is 6.61. The Hall–Kier alpha value is -2.33. The van der Waals surface area contributed by atoms with Crippen LogP contribution >= 0.6 is 7.82 Å². The number of esters is 2. The molecule has 0 saturated carbocycles. The Morgan fingerprint density at radius 3 is 1.51 bits per heavy atom. The van der Waals surface area contributed by atoms with Gasteiger partial charge in [-0.2, -0.15) is 0 Å². The van der Waals surface area contributed by atoms with E-state index in [1.807, 2.05) is 30.4 Å². The highest BCUT2D eigenvalue weighted by Gasteiger charge is 2.27. The standard InChI is InChI=1S/C46H81O10P/c1-3-5-7-9-11-13-15-17-19-20-21-22-24-26-28-30-32-34-36-38-46(50)56-44(42-55-57(51,52)54-40-43(48)39-47)41-53-45(49)37-35-33-31-29-27-25-23-18-16-14-12-10-8-6-4-2/h6,8,10,12,14,16-19,23,43-44,47-48H,3-5,7,9,11,13,15,20-22,24-42H2,1-2H3,(H,51,52)/b8-6+,12-10+,16-14+,19-17+,23-18+/t43-,44+/m0/s1. The number of rotatable bonds is 41. The lowest BCUT2D eigenvalue weighted by atomic mass is 10.1.